The minimum absolute atomic E-state index is 0.290. The highest BCUT2D eigenvalue weighted by atomic mass is 32.2. The zero-order valence-corrected chi connectivity index (χ0v) is 10.9. The van der Waals surface area contributed by atoms with E-state index in [4.69, 9.17) is 5.73 Å². The molecule has 2 nitrogen and oxygen atoms in total. The van der Waals surface area contributed by atoms with Crippen LogP contribution in [0.4, 0.5) is 0 Å². The van der Waals surface area contributed by atoms with E-state index in [1.54, 1.807) is 0 Å². The SMILES string of the molecule is CCC1CCC(S(=O)C(C)CCN)CC1. The van der Waals surface area contributed by atoms with Crippen molar-refractivity contribution in [3.63, 3.8) is 0 Å². The van der Waals surface area contributed by atoms with Gasteiger partial charge in [-0.1, -0.05) is 20.3 Å². The second-order valence-electron chi connectivity index (χ2n) is 4.77. The van der Waals surface area contributed by atoms with Crippen LogP contribution in [0, 0.1) is 5.92 Å². The summed E-state index contributed by atoms with van der Waals surface area (Å²) in [4.78, 5) is 0. The van der Waals surface area contributed by atoms with Gasteiger partial charge in [-0.15, -0.1) is 0 Å². The van der Waals surface area contributed by atoms with Crippen molar-refractivity contribution < 1.29 is 4.21 Å². The molecule has 0 amide bonds. The first-order valence-electron chi connectivity index (χ1n) is 6.28. The quantitative estimate of drug-likeness (QED) is 0.790. The van der Waals surface area contributed by atoms with Crippen molar-refractivity contribution in [3.05, 3.63) is 0 Å². The molecule has 0 bridgehead atoms. The van der Waals surface area contributed by atoms with E-state index >= 15 is 0 Å². The molecule has 0 aromatic carbocycles. The molecule has 1 aliphatic carbocycles. The number of rotatable bonds is 5. The zero-order chi connectivity index (χ0) is 11.3. The van der Waals surface area contributed by atoms with Gasteiger partial charge in [0, 0.05) is 21.3 Å². The molecule has 0 aromatic heterocycles. The summed E-state index contributed by atoms with van der Waals surface area (Å²) in [7, 11) is -0.648. The molecule has 0 saturated heterocycles. The molecule has 3 heteroatoms. The molecule has 2 N–H and O–H groups in total. The number of nitrogens with two attached hydrogens (primary N) is 1. The smallest absolute Gasteiger partial charge is 0.0351 e. The van der Waals surface area contributed by atoms with E-state index in [0.717, 1.165) is 12.3 Å². The number of hydrogen-bond donors (Lipinski definition) is 1. The number of hydrogen-bond acceptors (Lipinski definition) is 2. The molecule has 90 valence electrons. The average molecular weight is 231 g/mol. The van der Waals surface area contributed by atoms with Gasteiger partial charge in [-0.2, -0.15) is 0 Å². The summed E-state index contributed by atoms with van der Waals surface area (Å²) >= 11 is 0. The van der Waals surface area contributed by atoms with E-state index in [-0.39, 0.29) is 5.25 Å². The monoisotopic (exact) mass is 231 g/mol. The third-order valence-corrected chi connectivity index (χ3v) is 5.83. The highest BCUT2D eigenvalue weighted by molar-refractivity contribution is 7.86. The second-order valence-corrected chi connectivity index (χ2v) is 6.90. The van der Waals surface area contributed by atoms with Crippen LogP contribution in [0.2, 0.25) is 0 Å². The lowest BCUT2D eigenvalue weighted by Crippen LogP contribution is -2.29. The summed E-state index contributed by atoms with van der Waals surface area (Å²) in [5.41, 5.74) is 5.51. The Morgan fingerprint density at radius 2 is 1.93 bits per heavy atom. The van der Waals surface area contributed by atoms with Crippen LogP contribution in [-0.2, 0) is 10.8 Å². The van der Waals surface area contributed by atoms with E-state index in [2.05, 4.69) is 13.8 Å². The largest absolute Gasteiger partial charge is 0.330 e. The summed E-state index contributed by atoms with van der Waals surface area (Å²) in [5.74, 6) is 0.892. The predicted octanol–water partition coefficient (Wildman–Crippen LogP) is 2.44. The van der Waals surface area contributed by atoms with Gasteiger partial charge in [0.05, 0.1) is 0 Å². The minimum Gasteiger partial charge on any atom is -0.330 e. The minimum atomic E-state index is -0.648. The maximum absolute atomic E-state index is 12.1. The van der Waals surface area contributed by atoms with Crippen molar-refractivity contribution in [3.8, 4) is 0 Å². The van der Waals surface area contributed by atoms with Gasteiger partial charge in [0.25, 0.3) is 0 Å². The summed E-state index contributed by atoms with van der Waals surface area (Å²) < 4.78 is 12.1. The van der Waals surface area contributed by atoms with Crippen molar-refractivity contribution in [2.75, 3.05) is 6.54 Å². The Hall–Kier alpha value is 0.110. The maximum Gasteiger partial charge on any atom is 0.0351 e. The average Bonchev–Trinajstić information content (AvgIpc) is 2.28. The molecule has 15 heavy (non-hydrogen) atoms. The Kier molecular flexibility index (Phi) is 5.83. The summed E-state index contributed by atoms with van der Waals surface area (Å²) in [6.07, 6.45) is 7.09. The van der Waals surface area contributed by atoms with Crippen molar-refractivity contribution >= 4 is 10.8 Å². The first-order valence-corrected chi connectivity index (χ1v) is 7.56. The van der Waals surface area contributed by atoms with E-state index in [0.29, 0.717) is 11.8 Å². The van der Waals surface area contributed by atoms with Crippen molar-refractivity contribution in [1.29, 1.82) is 0 Å². The van der Waals surface area contributed by atoms with E-state index in [1.165, 1.54) is 32.1 Å². The molecule has 1 aliphatic rings. The Morgan fingerprint density at radius 3 is 2.40 bits per heavy atom. The molecule has 2 atom stereocenters. The Balaban J connectivity index is 2.35. The standard InChI is InChI=1S/C12H25NOS/c1-3-11-4-6-12(7-5-11)15(14)10(2)8-9-13/h10-12H,3-9,13H2,1-2H3. The molecule has 0 aromatic rings. The molecule has 0 heterocycles. The molecule has 0 spiro atoms. The first-order chi connectivity index (χ1) is 7.19. The second kappa shape index (κ2) is 6.64. The Bertz CT molecular complexity index is 200. The normalized spacial score (nSPS) is 31.1. The van der Waals surface area contributed by atoms with Crippen molar-refractivity contribution in [2.45, 2.75) is 62.9 Å². The van der Waals surface area contributed by atoms with E-state index < -0.39 is 10.8 Å². The van der Waals surface area contributed by atoms with Crippen molar-refractivity contribution in [2.24, 2.45) is 11.7 Å². The predicted molar refractivity (Wildman–Crippen MR) is 67.3 cm³/mol. The van der Waals surface area contributed by atoms with Gasteiger partial charge >= 0.3 is 0 Å². The third kappa shape index (κ3) is 3.87. The third-order valence-electron chi connectivity index (χ3n) is 3.67. The highest BCUT2D eigenvalue weighted by Gasteiger charge is 2.26. The molecule has 0 aliphatic heterocycles. The fourth-order valence-electron chi connectivity index (χ4n) is 2.45. The van der Waals surface area contributed by atoms with Crippen LogP contribution in [0.5, 0.6) is 0 Å². The molecular weight excluding hydrogens is 206 g/mol. The maximum atomic E-state index is 12.1. The van der Waals surface area contributed by atoms with Crippen LogP contribution < -0.4 is 5.73 Å². The zero-order valence-electron chi connectivity index (χ0n) is 10.1. The lowest BCUT2D eigenvalue weighted by Gasteiger charge is -2.29. The van der Waals surface area contributed by atoms with E-state index in [9.17, 15) is 4.21 Å². The van der Waals surface area contributed by atoms with Gasteiger partial charge in [-0.25, -0.2) is 0 Å². The summed E-state index contributed by atoms with van der Waals surface area (Å²) in [6, 6.07) is 0. The van der Waals surface area contributed by atoms with Crippen LogP contribution in [0.25, 0.3) is 0 Å². The summed E-state index contributed by atoms with van der Waals surface area (Å²) in [5, 5.41) is 0.743. The van der Waals surface area contributed by atoms with E-state index in [1.807, 2.05) is 0 Å². The lowest BCUT2D eigenvalue weighted by molar-refractivity contribution is 0.352. The first kappa shape index (κ1) is 13.2. The molecule has 1 rings (SSSR count). The molecule has 1 saturated carbocycles. The van der Waals surface area contributed by atoms with Gasteiger partial charge in [0.1, 0.15) is 0 Å². The Morgan fingerprint density at radius 1 is 1.33 bits per heavy atom. The van der Waals surface area contributed by atoms with Crippen LogP contribution in [-0.4, -0.2) is 21.3 Å². The van der Waals surface area contributed by atoms with Gasteiger partial charge in [0.15, 0.2) is 0 Å². The molecule has 0 radical (unpaired) electrons. The molecular formula is C12H25NOS. The molecule has 2 unspecified atom stereocenters. The lowest BCUT2D eigenvalue weighted by atomic mass is 9.87. The highest BCUT2D eigenvalue weighted by Crippen LogP contribution is 2.30. The topological polar surface area (TPSA) is 43.1 Å². The van der Waals surface area contributed by atoms with Gasteiger partial charge in [-0.05, 0) is 44.6 Å². The van der Waals surface area contributed by atoms with Crippen LogP contribution >= 0.6 is 0 Å². The van der Waals surface area contributed by atoms with Crippen LogP contribution in [0.15, 0.2) is 0 Å². The van der Waals surface area contributed by atoms with Crippen LogP contribution in [0.1, 0.15) is 52.4 Å². The Labute approximate surface area is 96.5 Å². The fraction of sp³-hybridized carbons (Fsp3) is 1.00. The molecule has 1 fully saturated rings. The van der Waals surface area contributed by atoms with Crippen LogP contribution in [0.3, 0.4) is 0 Å². The summed E-state index contributed by atoms with van der Waals surface area (Å²) in [6.45, 7) is 5.01. The van der Waals surface area contributed by atoms with Gasteiger partial charge in [-0.3, -0.25) is 4.21 Å². The van der Waals surface area contributed by atoms with Gasteiger partial charge in [0.2, 0.25) is 0 Å². The van der Waals surface area contributed by atoms with Crippen molar-refractivity contribution in [1.82, 2.24) is 0 Å². The van der Waals surface area contributed by atoms with Gasteiger partial charge < -0.3 is 5.73 Å². The fourth-order valence-corrected chi connectivity index (χ4v) is 4.21.